The summed E-state index contributed by atoms with van der Waals surface area (Å²) in [7, 11) is 2.19. The summed E-state index contributed by atoms with van der Waals surface area (Å²) in [6, 6.07) is 7.74. The van der Waals surface area contributed by atoms with E-state index in [9.17, 15) is 4.39 Å². The van der Waals surface area contributed by atoms with Crippen molar-refractivity contribution in [3.8, 4) is 0 Å². The van der Waals surface area contributed by atoms with E-state index in [0.29, 0.717) is 6.04 Å². The van der Waals surface area contributed by atoms with Crippen LogP contribution < -0.4 is 5.73 Å². The van der Waals surface area contributed by atoms with Gasteiger partial charge in [0.2, 0.25) is 0 Å². The third-order valence-corrected chi connectivity index (χ3v) is 4.93. The largest absolute Gasteiger partial charge is 0.326 e. The fourth-order valence-electron chi connectivity index (χ4n) is 3.56. The molecule has 0 bridgehead atoms. The molecule has 1 aliphatic rings. The summed E-state index contributed by atoms with van der Waals surface area (Å²) in [5, 5.41) is 0. The molecule has 0 spiro atoms. The van der Waals surface area contributed by atoms with Crippen LogP contribution in [0.25, 0.3) is 0 Å². The van der Waals surface area contributed by atoms with Gasteiger partial charge in [0.1, 0.15) is 5.82 Å². The molecule has 2 atom stereocenters. The monoisotopic (exact) mass is 292 g/mol. The highest BCUT2D eigenvalue weighted by Gasteiger charge is 2.28. The van der Waals surface area contributed by atoms with Crippen LogP contribution in [0.1, 0.15) is 63.5 Å². The van der Waals surface area contributed by atoms with Crippen molar-refractivity contribution in [2.75, 3.05) is 7.05 Å². The van der Waals surface area contributed by atoms with E-state index in [1.165, 1.54) is 38.5 Å². The van der Waals surface area contributed by atoms with Crippen LogP contribution in [-0.4, -0.2) is 24.0 Å². The van der Waals surface area contributed by atoms with Crippen LogP contribution in [0.5, 0.6) is 0 Å². The average molecular weight is 292 g/mol. The number of nitrogens with zero attached hydrogens (tertiary/aromatic N) is 1. The van der Waals surface area contributed by atoms with Gasteiger partial charge >= 0.3 is 0 Å². The Kier molecular flexibility index (Phi) is 6.19. The van der Waals surface area contributed by atoms with Crippen LogP contribution in [0.15, 0.2) is 24.3 Å². The minimum atomic E-state index is -0.181. The van der Waals surface area contributed by atoms with E-state index in [1.807, 2.05) is 12.1 Å². The minimum absolute atomic E-state index is 0.0868. The first-order chi connectivity index (χ1) is 10.1. The lowest BCUT2D eigenvalue weighted by molar-refractivity contribution is 0.135. The summed E-state index contributed by atoms with van der Waals surface area (Å²) in [6.45, 7) is 2.13. The molecular weight excluding hydrogens is 263 g/mol. The highest BCUT2D eigenvalue weighted by molar-refractivity contribution is 5.22. The maximum Gasteiger partial charge on any atom is 0.123 e. The van der Waals surface area contributed by atoms with Gasteiger partial charge in [-0.05, 0) is 44.0 Å². The number of rotatable bonds is 5. The Balaban J connectivity index is 2.19. The lowest BCUT2D eigenvalue weighted by Crippen LogP contribution is -2.43. The van der Waals surface area contributed by atoms with E-state index < -0.39 is 0 Å². The second kappa shape index (κ2) is 7.90. The van der Waals surface area contributed by atoms with E-state index in [-0.39, 0.29) is 17.9 Å². The van der Waals surface area contributed by atoms with Gasteiger partial charge in [0, 0.05) is 18.1 Å². The Morgan fingerprint density at radius 3 is 2.24 bits per heavy atom. The smallest absolute Gasteiger partial charge is 0.123 e. The topological polar surface area (TPSA) is 29.3 Å². The Bertz CT molecular complexity index is 410. The van der Waals surface area contributed by atoms with Crippen LogP contribution in [0.4, 0.5) is 4.39 Å². The molecule has 0 aromatic heterocycles. The zero-order valence-corrected chi connectivity index (χ0v) is 13.4. The zero-order chi connectivity index (χ0) is 15.2. The van der Waals surface area contributed by atoms with Gasteiger partial charge in [0.05, 0.1) is 0 Å². The molecular formula is C18H29FN2. The van der Waals surface area contributed by atoms with E-state index in [4.69, 9.17) is 5.73 Å². The summed E-state index contributed by atoms with van der Waals surface area (Å²) < 4.78 is 13.2. The number of benzene rings is 1. The summed E-state index contributed by atoms with van der Waals surface area (Å²) in [5.41, 5.74) is 7.54. The van der Waals surface area contributed by atoms with E-state index in [0.717, 1.165) is 12.0 Å². The maximum absolute atomic E-state index is 13.2. The first-order valence-electron chi connectivity index (χ1n) is 8.36. The molecule has 1 fully saturated rings. The third kappa shape index (κ3) is 4.27. The number of halogens is 1. The molecule has 0 saturated heterocycles. The quantitative estimate of drug-likeness (QED) is 0.822. The van der Waals surface area contributed by atoms with Crippen molar-refractivity contribution in [1.82, 2.24) is 4.90 Å². The molecule has 2 nitrogen and oxygen atoms in total. The van der Waals surface area contributed by atoms with E-state index in [2.05, 4.69) is 18.9 Å². The van der Waals surface area contributed by atoms with Gasteiger partial charge in [-0.3, -0.25) is 4.90 Å². The van der Waals surface area contributed by atoms with Crippen molar-refractivity contribution in [2.45, 2.75) is 70.0 Å². The van der Waals surface area contributed by atoms with Crippen LogP contribution in [0, 0.1) is 5.82 Å². The summed E-state index contributed by atoms with van der Waals surface area (Å²) in [4.78, 5) is 2.45. The zero-order valence-electron chi connectivity index (χ0n) is 13.4. The van der Waals surface area contributed by atoms with Gasteiger partial charge in [0.25, 0.3) is 0 Å². The predicted molar refractivity (Wildman–Crippen MR) is 86.7 cm³/mol. The molecule has 2 N–H and O–H groups in total. The van der Waals surface area contributed by atoms with Gasteiger partial charge < -0.3 is 5.73 Å². The fraction of sp³-hybridized carbons (Fsp3) is 0.667. The number of nitrogens with two attached hydrogens (primary N) is 1. The van der Waals surface area contributed by atoms with Crippen LogP contribution in [0.3, 0.4) is 0 Å². The molecule has 21 heavy (non-hydrogen) atoms. The standard InChI is InChI=1S/C18H29FN2/c1-3-17(20)18(14-10-12-15(19)13-11-14)21(2)16-8-6-4-5-7-9-16/h10-13,16-18H,3-9,20H2,1-2H3. The van der Waals surface area contributed by atoms with Gasteiger partial charge in [-0.1, -0.05) is 44.7 Å². The normalized spacial score (nSPS) is 20.2. The van der Waals surface area contributed by atoms with Crippen molar-refractivity contribution in [2.24, 2.45) is 5.73 Å². The van der Waals surface area contributed by atoms with Crippen LogP contribution >= 0.6 is 0 Å². The molecule has 118 valence electrons. The Morgan fingerprint density at radius 1 is 1.14 bits per heavy atom. The first kappa shape index (κ1) is 16.4. The molecule has 1 aromatic carbocycles. The molecule has 2 unspecified atom stereocenters. The fourth-order valence-corrected chi connectivity index (χ4v) is 3.56. The van der Waals surface area contributed by atoms with Crippen molar-refractivity contribution < 1.29 is 4.39 Å². The van der Waals surface area contributed by atoms with Gasteiger partial charge in [-0.15, -0.1) is 0 Å². The molecule has 3 heteroatoms. The SMILES string of the molecule is CCC(N)C(c1ccc(F)cc1)N(C)C1CCCCCC1. The van der Waals surface area contributed by atoms with Crippen molar-refractivity contribution >= 4 is 0 Å². The first-order valence-corrected chi connectivity index (χ1v) is 8.36. The highest BCUT2D eigenvalue weighted by Crippen LogP contribution is 2.31. The van der Waals surface area contributed by atoms with Gasteiger partial charge in [-0.25, -0.2) is 4.39 Å². The summed E-state index contributed by atoms with van der Waals surface area (Å²) in [5.74, 6) is -0.181. The Morgan fingerprint density at radius 2 is 1.71 bits per heavy atom. The molecule has 0 heterocycles. The van der Waals surface area contributed by atoms with Gasteiger partial charge in [0.15, 0.2) is 0 Å². The lowest BCUT2D eigenvalue weighted by Gasteiger charge is -2.38. The number of hydrogen-bond donors (Lipinski definition) is 1. The van der Waals surface area contributed by atoms with E-state index in [1.54, 1.807) is 12.1 Å². The molecule has 1 aromatic rings. The number of likely N-dealkylation sites (N-methyl/N-ethyl adjacent to an activating group) is 1. The van der Waals surface area contributed by atoms with Gasteiger partial charge in [-0.2, -0.15) is 0 Å². The average Bonchev–Trinajstić information content (AvgIpc) is 2.78. The predicted octanol–water partition coefficient (Wildman–Crippen LogP) is 4.26. The molecule has 0 radical (unpaired) electrons. The molecule has 0 aliphatic heterocycles. The van der Waals surface area contributed by atoms with Crippen LogP contribution in [-0.2, 0) is 0 Å². The third-order valence-electron chi connectivity index (χ3n) is 4.93. The second-order valence-corrected chi connectivity index (χ2v) is 6.38. The molecule has 1 saturated carbocycles. The van der Waals surface area contributed by atoms with Crippen molar-refractivity contribution in [3.05, 3.63) is 35.6 Å². The second-order valence-electron chi connectivity index (χ2n) is 6.38. The van der Waals surface area contributed by atoms with Crippen molar-refractivity contribution in [1.29, 1.82) is 0 Å². The molecule has 1 aliphatic carbocycles. The Labute approximate surface area is 128 Å². The highest BCUT2D eigenvalue weighted by atomic mass is 19.1. The van der Waals surface area contributed by atoms with Crippen LogP contribution in [0.2, 0.25) is 0 Å². The lowest BCUT2D eigenvalue weighted by atomic mass is 9.94. The Hall–Kier alpha value is -0.930. The molecule has 0 amide bonds. The summed E-state index contributed by atoms with van der Waals surface area (Å²) >= 11 is 0. The van der Waals surface area contributed by atoms with Crippen molar-refractivity contribution in [3.63, 3.8) is 0 Å². The summed E-state index contributed by atoms with van der Waals surface area (Å²) in [6.07, 6.45) is 8.77. The number of hydrogen-bond acceptors (Lipinski definition) is 2. The maximum atomic E-state index is 13.2. The molecule has 2 rings (SSSR count). The minimum Gasteiger partial charge on any atom is -0.326 e. The van der Waals surface area contributed by atoms with E-state index >= 15 is 0 Å².